The van der Waals surface area contributed by atoms with E-state index in [1.54, 1.807) is 18.9 Å². The molecule has 0 aliphatic carbocycles. The molecular formula is C12H17Cl2NOS. The van der Waals surface area contributed by atoms with Crippen molar-refractivity contribution in [3.63, 3.8) is 0 Å². The van der Waals surface area contributed by atoms with Crippen LogP contribution in [0.15, 0.2) is 23.1 Å². The zero-order chi connectivity index (χ0) is 12.7. The fourth-order valence-electron chi connectivity index (χ4n) is 1.30. The largest absolute Gasteiger partial charge is 0.383 e. The first kappa shape index (κ1) is 15.1. The van der Waals surface area contributed by atoms with Crippen LogP contribution in [0.25, 0.3) is 0 Å². The van der Waals surface area contributed by atoms with Crippen LogP contribution < -0.4 is 5.32 Å². The van der Waals surface area contributed by atoms with Crippen LogP contribution in [0.5, 0.6) is 0 Å². The summed E-state index contributed by atoms with van der Waals surface area (Å²) in [5.74, 6) is 0. The van der Waals surface area contributed by atoms with Gasteiger partial charge in [0.15, 0.2) is 0 Å². The third-order valence-electron chi connectivity index (χ3n) is 2.14. The molecule has 1 aromatic carbocycles. The maximum atomic E-state index is 5.97. The average molecular weight is 294 g/mol. The monoisotopic (exact) mass is 293 g/mol. The summed E-state index contributed by atoms with van der Waals surface area (Å²) in [6.45, 7) is 4.73. The predicted molar refractivity (Wildman–Crippen MR) is 76.5 cm³/mol. The average Bonchev–Trinajstić information content (AvgIpc) is 2.30. The maximum absolute atomic E-state index is 5.97. The molecule has 0 saturated carbocycles. The minimum absolute atomic E-state index is 0.476. The molecule has 0 radical (unpaired) electrons. The lowest BCUT2D eigenvalue weighted by molar-refractivity contribution is 0.199. The summed E-state index contributed by atoms with van der Waals surface area (Å²) in [5.41, 5.74) is 0. The molecule has 1 N–H and O–H groups in total. The van der Waals surface area contributed by atoms with Crippen molar-refractivity contribution in [3.8, 4) is 0 Å². The van der Waals surface area contributed by atoms with Gasteiger partial charge in [-0.25, -0.2) is 0 Å². The van der Waals surface area contributed by atoms with Gasteiger partial charge in [-0.2, -0.15) is 0 Å². The quantitative estimate of drug-likeness (QED) is 0.612. The van der Waals surface area contributed by atoms with Crippen LogP contribution in [-0.4, -0.2) is 32.1 Å². The zero-order valence-electron chi connectivity index (χ0n) is 10.0. The highest BCUT2D eigenvalue weighted by Crippen LogP contribution is 2.29. The van der Waals surface area contributed by atoms with Crippen LogP contribution in [0, 0.1) is 0 Å². The third kappa shape index (κ3) is 5.98. The third-order valence-corrected chi connectivity index (χ3v) is 3.98. The molecule has 0 heterocycles. The molecule has 96 valence electrons. The van der Waals surface area contributed by atoms with Crippen molar-refractivity contribution >= 4 is 35.0 Å². The van der Waals surface area contributed by atoms with Crippen LogP contribution in [0.3, 0.4) is 0 Å². The second kappa shape index (κ2) is 8.22. The number of nitrogens with one attached hydrogen (secondary N) is 1. The van der Waals surface area contributed by atoms with Gasteiger partial charge in [-0.15, -0.1) is 11.8 Å². The van der Waals surface area contributed by atoms with Crippen molar-refractivity contribution in [2.75, 3.05) is 26.8 Å². The number of methoxy groups -OCH3 is 1. The van der Waals surface area contributed by atoms with E-state index in [2.05, 4.69) is 12.2 Å². The standard InChI is InChI=1S/C12H17Cl2NOS/c1-9(8-15-5-6-16-2)17-10-3-4-11(13)12(14)7-10/h3-4,7,9,15H,5-6,8H2,1-2H3. The minimum atomic E-state index is 0.476. The Labute approximate surface area is 117 Å². The molecule has 0 amide bonds. The summed E-state index contributed by atoms with van der Waals surface area (Å²) >= 11 is 13.6. The Hall–Kier alpha value is 0.0700. The van der Waals surface area contributed by atoms with Crippen LogP contribution in [0.4, 0.5) is 0 Å². The lowest BCUT2D eigenvalue weighted by Crippen LogP contribution is -2.26. The predicted octanol–water partition coefficient (Wildman–Crippen LogP) is 3.71. The molecule has 17 heavy (non-hydrogen) atoms. The number of hydrogen-bond donors (Lipinski definition) is 1. The van der Waals surface area contributed by atoms with Gasteiger partial charge in [0.2, 0.25) is 0 Å². The van der Waals surface area contributed by atoms with E-state index in [4.69, 9.17) is 27.9 Å². The zero-order valence-corrected chi connectivity index (χ0v) is 12.3. The van der Waals surface area contributed by atoms with Gasteiger partial charge in [-0.05, 0) is 18.2 Å². The Morgan fingerprint density at radius 1 is 1.35 bits per heavy atom. The van der Waals surface area contributed by atoms with E-state index >= 15 is 0 Å². The highest BCUT2D eigenvalue weighted by molar-refractivity contribution is 8.00. The van der Waals surface area contributed by atoms with E-state index in [0.717, 1.165) is 24.6 Å². The molecule has 0 bridgehead atoms. The lowest BCUT2D eigenvalue weighted by Gasteiger charge is -2.12. The number of thioether (sulfide) groups is 1. The van der Waals surface area contributed by atoms with Crippen molar-refractivity contribution in [2.24, 2.45) is 0 Å². The van der Waals surface area contributed by atoms with E-state index in [0.29, 0.717) is 15.3 Å². The number of benzene rings is 1. The Balaban J connectivity index is 2.34. The van der Waals surface area contributed by atoms with Gasteiger partial charge in [0.1, 0.15) is 0 Å². The first-order valence-corrected chi connectivity index (χ1v) is 7.08. The van der Waals surface area contributed by atoms with Gasteiger partial charge in [0, 0.05) is 30.3 Å². The van der Waals surface area contributed by atoms with Crippen molar-refractivity contribution in [3.05, 3.63) is 28.2 Å². The fourth-order valence-corrected chi connectivity index (χ4v) is 2.66. The first-order valence-electron chi connectivity index (χ1n) is 5.45. The molecule has 2 nitrogen and oxygen atoms in total. The molecule has 0 aromatic heterocycles. The van der Waals surface area contributed by atoms with Crippen LogP contribution in [0.1, 0.15) is 6.92 Å². The highest BCUT2D eigenvalue weighted by atomic mass is 35.5. The number of halogens is 2. The Morgan fingerprint density at radius 3 is 2.76 bits per heavy atom. The molecule has 0 fully saturated rings. The molecule has 1 unspecified atom stereocenters. The number of rotatable bonds is 7. The van der Waals surface area contributed by atoms with Gasteiger partial charge in [-0.3, -0.25) is 0 Å². The molecule has 0 spiro atoms. The molecule has 0 aliphatic rings. The molecular weight excluding hydrogens is 277 g/mol. The second-order valence-corrected chi connectivity index (χ2v) is 6.03. The summed E-state index contributed by atoms with van der Waals surface area (Å²) in [6, 6.07) is 5.72. The summed E-state index contributed by atoms with van der Waals surface area (Å²) < 4.78 is 4.97. The Bertz CT molecular complexity index is 349. The Kier molecular flexibility index (Phi) is 7.32. The molecule has 1 atom stereocenters. The molecule has 0 aliphatic heterocycles. The number of hydrogen-bond acceptors (Lipinski definition) is 3. The van der Waals surface area contributed by atoms with E-state index < -0.39 is 0 Å². The van der Waals surface area contributed by atoms with Crippen LogP contribution in [0.2, 0.25) is 10.0 Å². The normalized spacial score (nSPS) is 12.7. The first-order chi connectivity index (χ1) is 8.13. The van der Waals surface area contributed by atoms with Crippen LogP contribution in [-0.2, 0) is 4.74 Å². The van der Waals surface area contributed by atoms with Gasteiger partial charge < -0.3 is 10.1 Å². The summed E-state index contributed by atoms with van der Waals surface area (Å²) in [4.78, 5) is 1.14. The van der Waals surface area contributed by atoms with Gasteiger partial charge >= 0.3 is 0 Å². The molecule has 1 rings (SSSR count). The lowest BCUT2D eigenvalue weighted by atomic mass is 10.4. The van der Waals surface area contributed by atoms with Crippen molar-refractivity contribution < 1.29 is 4.74 Å². The maximum Gasteiger partial charge on any atom is 0.0603 e. The van der Waals surface area contributed by atoms with E-state index in [1.165, 1.54) is 0 Å². The molecule has 0 saturated heterocycles. The second-order valence-electron chi connectivity index (χ2n) is 3.70. The van der Waals surface area contributed by atoms with Gasteiger partial charge in [-0.1, -0.05) is 30.1 Å². The summed E-state index contributed by atoms with van der Waals surface area (Å²) in [7, 11) is 1.70. The molecule has 1 aromatic rings. The highest BCUT2D eigenvalue weighted by Gasteiger charge is 2.06. The van der Waals surface area contributed by atoms with E-state index in [9.17, 15) is 0 Å². The van der Waals surface area contributed by atoms with E-state index in [1.807, 2.05) is 18.2 Å². The van der Waals surface area contributed by atoms with Gasteiger partial charge in [0.25, 0.3) is 0 Å². The minimum Gasteiger partial charge on any atom is -0.383 e. The van der Waals surface area contributed by atoms with Crippen molar-refractivity contribution in [2.45, 2.75) is 17.1 Å². The van der Waals surface area contributed by atoms with Gasteiger partial charge in [0.05, 0.1) is 16.7 Å². The number of ether oxygens (including phenoxy) is 1. The SMILES string of the molecule is COCCNCC(C)Sc1ccc(Cl)c(Cl)c1. The Morgan fingerprint density at radius 2 is 2.12 bits per heavy atom. The molecule has 5 heteroatoms. The topological polar surface area (TPSA) is 21.3 Å². The summed E-state index contributed by atoms with van der Waals surface area (Å²) in [5, 5.41) is 5.01. The summed E-state index contributed by atoms with van der Waals surface area (Å²) in [6.07, 6.45) is 0. The van der Waals surface area contributed by atoms with E-state index in [-0.39, 0.29) is 0 Å². The van der Waals surface area contributed by atoms with Crippen LogP contribution >= 0.6 is 35.0 Å². The smallest absolute Gasteiger partial charge is 0.0603 e. The van der Waals surface area contributed by atoms with Crippen molar-refractivity contribution in [1.29, 1.82) is 0 Å². The fraction of sp³-hybridized carbons (Fsp3) is 0.500. The van der Waals surface area contributed by atoms with Crippen molar-refractivity contribution in [1.82, 2.24) is 5.32 Å².